The lowest BCUT2D eigenvalue weighted by Crippen LogP contribution is -2.13. The molecular formula is C17H18N4O2S. The molecule has 0 saturated carbocycles. The van der Waals surface area contributed by atoms with Gasteiger partial charge < -0.3 is 14.6 Å². The zero-order chi connectivity index (χ0) is 16.7. The van der Waals surface area contributed by atoms with Crippen LogP contribution in [0.5, 0.6) is 5.75 Å². The third-order valence-corrected chi connectivity index (χ3v) is 5.14. The summed E-state index contributed by atoms with van der Waals surface area (Å²) >= 11 is 1.59. The lowest BCUT2D eigenvalue weighted by molar-refractivity contribution is 0.102. The van der Waals surface area contributed by atoms with Crippen molar-refractivity contribution < 1.29 is 9.53 Å². The highest BCUT2D eigenvalue weighted by Crippen LogP contribution is 2.33. The number of carbonyl (C=O) groups is 1. The Labute approximate surface area is 143 Å². The molecule has 4 rings (SSSR count). The van der Waals surface area contributed by atoms with Crippen LogP contribution < -0.4 is 10.1 Å². The Morgan fingerprint density at radius 1 is 1.33 bits per heavy atom. The first kappa shape index (κ1) is 15.1. The predicted octanol–water partition coefficient (Wildman–Crippen LogP) is 3.40. The van der Waals surface area contributed by atoms with Crippen molar-refractivity contribution in [2.75, 3.05) is 12.4 Å². The number of thiazole rings is 1. The van der Waals surface area contributed by atoms with E-state index in [2.05, 4.69) is 19.9 Å². The van der Waals surface area contributed by atoms with E-state index in [9.17, 15) is 4.79 Å². The Hall–Kier alpha value is -2.41. The number of anilines is 1. The second kappa shape index (κ2) is 5.90. The summed E-state index contributed by atoms with van der Waals surface area (Å²) in [6.07, 6.45) is 5.04. The van der Waals surface area contributed by atoms with Crippen LogP contribution in [0, 0.1) is 6.92 Å². The molecule has 0 saturated heterocycles. The Balaban J connectivity index is 1.65. The topological polar surface area (TPSA) is 69.0 Å². The minimum absolute atomic E-state index is 0.212. The SMILES string of the molecule is COc1cc2nc(C)sc2cc1NC(=O)c1cn2c(n1)CCCC2. The van der Waals surface area contributed by atoms with Gasteiger partial charge >= 0.3 is 0 Å². The van der Waals surface area contributed by atoms with Crippen LogP contribution in [0.3, 0.4) is 0 Å². The van der Waals surface area contributed by atoms with Crippen molar-refractivity contribution in [3.8, 4) is 5.75 Å². The number of benzene rings is 1. The number of aryl methyl sites for hydroxylation is 3. The van der Waals surface area contributed by atoms with Crippen LogP contribution in [-0.4, -0.2) is 27.6 Å². The smallest absolute Gasteiger partial charge is 0.275 e. The van der Waals surface area contributed by atoms with Crippen molar-refractivity contribution in [2.45, 2.75) is 32.7 Å². The number of amides is 1. The summed E-state index contributed by atoms with van der Waals surface area (Å²) in [7, 11) is 1.59. The summed E-state index contributed by atoms with van der Waals surface area (Å²) in [5.74, 6) is 1.38. The van der Waals surface area contributed by atoms with Crippen molar-refractivity contribution >= 4 is 33.1 Å². The fraction of sp³-hybridized carbons (Fsp3) is 0.353. The van der Waals surface area contributed by atoms with Crippen molar-refractivity contribution in [3.05, 3.63) is 34.9 Å². The molecule has 7 heteroatoms. The first-order chi connectivity index (χ1) is 11.6. The van der Waals surface area contributed by atoms with Gasteiger partial charge in [0.15, 0.2) is 0 Å². The summed E-state index contributed by atoms with van der Waals surface area (Å²) in [4.78, 5) is 21.5. The molecule has 1 aliphatic rings. The van der Waals surface area contributed by atoms with Crippen molar-refractivity contribution in [1.29, 1.82) is 0 Å². The van der Waals surface area contributed by atoms with E-state index in [1.165, 1.54) is 0 Å². The van der Waals surface area contributed by atoms with E-state index in [0.717, 1.165) is 46.9 Å². The molecule has 0 atom stereocenters. The second-order valence-electron chi connectivity index (χ2n) is 5.90. The molecule has 0 aliphatic carbocycles. The number of fused-ring (bicyclic) bond motifs is 2. The highest BCUT2D eigenvalue weighted by Gasteiger charge is 2.18. The van der Waals surface area contributed by atoms with Crippen molar-refractivity contribution in [1.82, 2.24) is 14.5 Å². The van der Waals surface area contributed by atoms with Gasteiger partial charge in [0.1, 0.15) is 17.3 Å². The number of hydrogen-bond donors (Lipinski definition) is 1. The monoisotopic (exact) mass is 342 g/mol. The molecule has 0 unspecified atom stereocenters. The van der Waals surface area contributed by atoms with Crippen LogP contribution >= 0.6 is 11.3 Å². The third-order valence-electron chi connectivity index (χ3n) is 4.21. The number of nitrogens with zero attached hydrogens (tertiary/aromatic N) is 3. The molecule has 0 fully saturated rings. The average Bonchev–Trinajstić information content (AvgIpc) is 3.15. The number of rotatable bonds is 3. The standard InChI is InChI=1S/C17H18N4O2S/c1-10-18-12-7-14(23-2)11(8-15(12)24-10)20-17(22)13-9-21-6-4-3-5-16(21)19-13/h7-9H,3-6H2,1-2H3,(H,20,22). The first-order valence-corrected chi connectivity index (χ1v) is 8.78. The molecule has 0 radical (unpaired) electrons. The van der Waals surface area contributed by atoms with Gasteiger partial charge in [0, 0.05) is 25.2 Å². The van der Waals surface area contributed by atoms with E-state index in [1.807, 2.05) is 25.3 Å². The average molecular weight is 342 g/mol. The predicted molar refractivity (Wildman–Crippen MR) is 94.0 cm³/mol. The lowest BCUT2D eigenvalue weighted by Gasteiger charge is -2.11. The van der Waals surface area contributed by atoms with Crippen LogP contribution in [0.25, 0.3) is 10.2 Å². The first-order valence-electron chi connectivity index (χ1n) is 7.96. The van der Waals surface area contributed by atoms with Gasteiger partial charge in [-0.2, -0.15) is 0 Å². The van der Waals surface area contributed by atoms with Crippen LogP contribution in [0.1, 0.15) is 34.2 Å². The van der Waals surface area contributed by atoms with E-state index < -0.39 is 0 Å². The van der Waals surface area contributed by atoms with Gasteiger partial charge in [-0.3, -0.25) is 4.79 Å². The fourth-order valence-corrected chi connectivity index (χ4v) is 3.89. The Bertz CT molecular complexity index is 905. The summed E-state index contributed by atoms with van der Waals surface area (Å²) < 4.78 is 8.50. The van der Waals surface area contributed by atoms with Crippen LogP contribution in [0.4, 0.5) is 5.69 Å². The normalized spacial score (nSPS) is 13.8. The molecule has 1 aromatic carbocycles. The van der Waals surface area contributed by atoms with E-state index in [0.29, 0.717) is 17.1 Å². The summed E-state index contributed by atoms with van der Waals surface area (Å²) in [5.41, 5.74) is 1.98. The molecule has 24 heavy (non-hydrogen) atoms. The molecule has 0 bridgehead atoms. The Kier molecular flexibility index (Phi) is 3.72. The van der Waals surface area contributed by atoms with E-state index >= 15 is 0 Å². The fourth-order valence-electron chi connectivity index (χ4n) is 3.04. The molecule has 0 spiro atoms. The summed E-state index contributed by atoms with van der Waals surface area (Å²) in [5, 5.41) is 3.91. The molecule has 2 aromatic heterocycles. The third kappa shape index (κ3) is 2.65. The highest BCUT2D eigenvalue weighted by atomic mass is 32.1. The van der Waals surface area contributed by atoms with Gasteiger partial charge in [-0.25, -0.2) is 9.97 Å². The van der Waals surface area contributed by atoms with Crippen molar-refractivity contribution in [2.24, 2.45) is 0 Å². The molecule has 124 valence electrons. The maximum atomic E-state index is 12.6. The molecule has 3 heterocycles. The Morgan fingerprint density at radius 2 is 2.21 bits per heavy atom. The highest BCUT2D eigenvalue weighted by molar-refractivity contribution is 7.18. The van der Waals surface area contributed by atoms with Crippen molar-refractivity contribution in [3.63, 3.8) is 0 Å². The number of aromatic nitrogens is 3. The molecule has 1 aliphatic heterocycles. The molecular weight excluding hydrogens is 324 g/mol. The molecule has 1 amide bonds. The van der Waals surface area contributed by atoms with E-state index in [4.69, 9.17) is 4.74 Å². The zero-order valence-corrected chi connectivity index (χ0v) is 14.4. The molecule has 6 nitrogen and oxygen atoms in total. The number of imidazole rings is 1. The van der Waals surface area contributed by atoms with E-state index in [1.54, 1.807) is 18.4 Å². The number of methoxy groups -OCH3 is 1. The van der Waals surface area contributed by atoms with Gasteiger partial charge in [-0.1, -0.05) is 0 Å². The Morgan fingerprint density at radius 3 is 3.00 bits per heavy atom. The number of carbonyl (C=O) groups excluding carboxylic acids is 1. The summed E-state index contributed by atoms with van der Waals surface area (Å²) in [6.45, 7) is 2.90. The molecule has 1 N–H and O–H groups in total. The second-order valence-corrected chi connectivity index (χ2v) is 7.13. The number of ether oxygens (including phenoxy) is 1. The van der Waals surface area contributed by atoms with Gasteiger partial charge in [0.25, 0.3) is 5.91 Å². The maximum absolute atomic E-state index is 12.6. The maximum Gasteiger partial charge on any atom is 0.275 e. The quantitative estimate of drug-likeness (QED) is 0.792. The minimum atomic E-state index is -0.212. The largest absolute Gasteiger partial charge is 0.494 e. The van der Waals surface area contributed by atoms with Crippen LogP contribution in [-0.2, 0) is 13.0 Å². The van der Waals surface area contributed by atoms with Crippen LogP contribution in [0.15, 0.2) is 18.3 Å². The van der Waals surface area contributed by atoms with Gasteiger partial charge in [0.05, 0.1) is 28.0 Å². The minimum Gasteiger partial charge on any atom is -0.494 e. The number of hydrogen-bond acceptors (Lipinski definition) is 5. The van der Waals surface area contributed by atoms with Crippen LogP contribution in [0.2, 0.25) is 0 Å². The number of nitrogens with one attached hydrogen (secondary N) is 1. The lowest BCUT2D eigenvalue weighted by atomic mass is 10.2. The zero-order valence-electron chi connectivity index (χ0n) is 13.6. The van der Waals surface area contributed by atoms with Gasteiger partial charge in [-0.05, 0) is 25.8 Å². The van der Waals surface area contributed by atoms with Gasteiger partial charge in [0.2, 0.25) is 0 Å². The summed E-state index contributed by atoms with van der Waals surface area (Å²) in [6, 6.07) is 3.76. The van der Waals surface area contributed by atoms with Gasteiger partial charge in [-0.15, -0.1) is 11.3 Å². The molecule has 3 aromatic rings. The van der Waals surface area contributed by atoms with E-state index in [-0.39, 0.29) is 5.91 Å².